The molecular formula is C14H24O2. The van der Waals surface area contributed by atoms with E-state index in [-0.39, 0.29) is 0 Å². The summed E-state index contributed by atoms with van der Waals surface area (Å²) in [7, 11) is 0. The van der Waals surface area contributed by atoms with Gasteiger partial charge in [0.1, 0.15) is 0 Å². The standard InChI is InChI=1S/C14H24O2/c1-4-12(2)8-9-15-16-11-14-7-5-6-13(3)10-14/h4,6,12,14H,1,5,7-11H2,2-3H3/t12-,14+/m0/s1. The molecule has 0 unspecified atom stereocenters. The van der Waals surface area contributed by atoms with Crippen molar-refractivity contribution >= 4 is 0 Å². The highest BCUT2D eigenvalue weighted by molar-refractivity contribution is 5.03. The molecule has 2 heteroatoms. The summed E-state index contributed by atoms with van der Waals surface area (Å²) < 4.78 is 0. The first-order chi connectivity index (χ1) is 7.72. The Bertz CT molecular complexity index is 233. The molecular weight excluding hydrogens is 200 g/mol. The van der Waals surface area contributed by atoms with Crippen molar-refractivity contribution in [3.63, 3.8) is 0 Å². The van der Waals surface area contributed by atoms with E-state index in [1.54, 1.807) is 0 Å². The number of rotatable bonds is 7. The monoisotopic (exact) mass is 224 g/mol. The van der Waals surface area contributed by atoms with E-state index in [2.05, 4.69) is 26.5 Å². The van der Waals surface area contributed by atoms with E-state index in [9.17, 15) is 0 Å². The average Bonchev–Trinajstić information content (AvgIpc) is 2.28. The highest BCUT2D eigenvalue weighted by Gasteiger charge is 2.13. The van der Waals surface area contributed by atoms with Gasteiger partial charge in [-0.15, -0.1) is 6.58 Å². The molecule has 2 atom stereocenters. The van der Waals surface area contributed by atoms with Crippen molar-refractivity contribution in [1.29, 1.82) is 0 Å². The molecule has 0 amide bonds. The molecule has 16 heavy (non-hydrogen) atoms. The first kappa shape index (κ1) is 13.5. The summed E-state index contributed by atoms with van der Waals surface area (Å²) >= 11 is 0. The van der Waals surface area contributed by atoms with Gasteiger partial charge in [-0.1, -0.05) is 24.6 Å². The van der Waals surface area contributed by atoms with Crippen molar-refractivity contribution < 1.29 is 9.78 Å². The van der Waals surface area contributed by atoms with Gasteiger partial charge in [-0.2, -0.15) is 0 Å². The first-order valence-electron chi connectivity index (χ1n) is 6.25. The smallest absolute Gasteiger partial charge is 0.0853 e. The van der Waals surface area contributed by atoms with Crippen molar-refractivity contribution in [3.05, 3.63) is 24.3 Å². The fourth-order valence-electron chi connectivity index (χ4n) is 1.90. The van der Waals surface area contributed by atoms with E-state index in [1.807, 2.05) is 6.08 Å². The van der Waals surface area contributed by atoms with Gasteiger partial charge in [-0.25, -0.2) is 9.78 Å². The summed E-state index contributed by atoms with van der Waals surface area (Å²) in [4.78, 5) is 10.4. The van der Waals surface area contributed by atoms with Crippen LogP contribution in [0.5, 0.6) is 0 Å². The quantitative estimate of drug-likeness (QED) is 0.283. The van der Waals surface area contributed by atoms with Crippen LogP contribution in [0.15, 0.2) is 24.3 Å². The predicted octanol–water partition coefficient (Wildman–Crippen LogP) is 3.89. The van der Waals surface area contributed by atoms with Gasteiger partial charge in [0.25, 0.3) is 0 Å². The van der Waals surface area contributed by atoms with Gasteiger partial charge < -0.3 is 0 Å². The lowest BCUT2D eigenvalue weighted by atomic mass is 9.90. The molecule has 2 nitrogen and oxygen atoms in total. The van der Waals surface area contributed by atoms with Crippen LogP contribution in [0.2, 0.25) is 0 Å². The molecule has 0 saturated carbocycles. The van der Waals surface area contributed by atoms with Crippen LogP contribution < -0.4 is 0 Å². The van der Waals surface area contributed by atoms with Crippen LogP contribution in [0.4, 0.5) is 0 Å². The number of hydrogen-bond acceptors (Lipinski definition) is 2. The van der Waals surface area contributed by atoms with Crippen molar-refractivity contribution in [1.82, 2.24) is 0 Å². The molecule has 1 aliphatic carbocycles. The van der Waals surface area contributed by atoms with E-state index in [0.717, 1.165) is 19.4 Å². The Labute approximate surface area is 99.3 Å². The highest BCUT2D eigenvalue weighted by Crippen LogP contribution is 2.23. The second-order valence-electron chi connectivity index (χ2n) is 4.81. The van der Waals surface area contributed by atoms with Gasteiger partial charge >= 0.3 is 0 Å². The lowest BCUT2D eigenvalue weighted by Gasteiger charge is -2.20. The van der Waals surface area contributed by atoms with E-state index in [0.29, 0.717) is 18.4 Å². The van der Waals surface area contributed by atoms with E-state index < -0.39 is 0 Å². The Morgan fingerprint density at radius 2 is 2.38 bits per heavy atom. The molecule has 0 saturated heterocycles. The van der Waals surface area contributed by atoms with E-state index >= 15 is 0 Å². The van der Waals surface area contributed by atoms with Crippen LogP contribution >= 0.6 is 0 Å². The molecule has 1 aliphatic rings. The minimum absolute atomic E-state index is 0.503. The van der Waals surface area contributed by atoms with Crippen LogP contribution in [0, 0.1) is 11.8 Å². The Morgan fingerprint density at radius 1 is 1.56 bits per heavy atom. The third-order valence-electron chi connectivity index (χ3n) is 3.12. The van der Waals surface area contributed by atoms with Crippen LogP contribution in [0.3, 0.4) is 0 Å². The fraction of sp³-hybridized carbons (Fsp3) is 0.714. The maximum atomic E-state index is 5.25. The Kier molecular flexibility index (Phi) is 6.43. The lowest BCUT2D eigenvalue weighted by Crippen LogP contribution is -2.14. The van der Waals surface area contributed by atoms with E-state index in [4.69, 9.17) is 9.78 Å². The molecule has 1 rings (SSSR count). The normalized spacial score (nSPS) is 22.6. The van der Waals surface area contributed by atoms with Crippen molar-refractivity contribution in [3.8, 4) is 0 Å². The molecule has 0 bridgehead atoms. The zero-order valence-electron chi connectivity index (χ0n) is 10.6. The molecule has 0 spiro atoms. The molecule has 0 N–H and O–H groups in total. The zero-order valence-corrected chi connectivity index (χ0v) is 10.6. The maximum absolute atomic E-state index is 5.25. The van der Waals surface area contributed by atoms with Crippen LogP contribution in [-0.2, 0) is 9.78 Å². The van der Waals surface area contributed by atoms with Gasteiger partial charge in [-0.05, 0) is 44.4 Å². The molecule has 0 aliphatic heterocycles. The van der Waals surface area contributed by atoms with E-state index in [1.165, 1.54) is 18.4 Å². The maximum Gasteiger partial charge on any atom is 0.0853 e. The SMILES string of the molecule is C=C[C@H](C)CCOOC[C@@H]1CCC=C(C)C1. The van der Waals surface area contributed by atoms with Crippen LogP contribution in [0.25, 0.3) is 0 Å². The topological polar surface area (TPSA) is 18.5 Å². The highest BCUT2D eigenvalue weighted by atomic mass is 17.2. The molecule has 0 heterocycles. The number of hydrogen-bond donors (Lipinski definition) is 0. The summed E-state index contributed by atoms with van der Waals surface area (Å²) in [5, 5.41) is 0. The molecule has 0 aromatic heterocycles. The van der Waals surface area contributed by atoms with Crippen molar-refractivity contribution in [2.75, 3.05) is 13.2 Å². The Balaban J connectivity index is 1.99. The van der Waals surface area contributed by atoms with Crippen molar-refractivity contribution in [2.24, 2.45) is 11.8 Å². The fourth-order valence-corrected chi connectivity index (χ4v) is 1.90. The molecule has 0 fully saturated rings. The Morgan fingerprint density at radius 3 is 3.06 bits per heavy atom. The largest absolute Gasteiger partial charge is 0.237 e. The van der Waals surface area contributed by atoms with Crippen LogP contribution in [-0.4, -0.2) is 13.2 Å². The van der Waals surface area contributed by atoms with Gasteiger partial charge in [0, 0.05) is 0 Å². The summed E-state index contributed by atoms with van der Waals surface area (Å²) in [5.74, 6) is 1.14. The van der Waals surface area contributed by atoms with Gasteiger partial charge in [0.05, 0.1) is 13.2 Å². The zero-order chi connectivity index (χ0) is 11.8. The summed E-state index contributed by atoms with van der Waals surface area (Å²) in [6, 6.07) is 0. The minimum Gasteiger partial charge on any atom is -0.237 e. The molecule has 92 valence electrons. The van der Waals surface area contributed by atoms with Crippen LogP contribution in [0.1, 0.15) is 39.5 Å². The predicted molar refractivity (Wildman–Crippen MR) is 67.0 cm³/mol. The molecule has 0 aromatic carbocycles. The molecule has 0 radical (unpaired) electrons. The van der Waals surface area contributed by atoms with Crippen molar-refractivity contribution in [2.45, 2.75) is 39.5 Å². The van der Waals surface area contributed by atoms with Gasteiger partial charge in [-0.3, -0.25) is 0 Å². The minimum atomic E-state index is 0.503. The third-order valence-corrected chi connectivity index (χ3v) is 3.12. The third kappa shape index (κ3) is 5.47. The van der Waals surface area contributed by atoms with Gasteiger partial charge in [0.2, 0.25) is 0 Å². The second kappa shape index (κ2) is 7.64. The number of allylic oxidation sites excluding steroid dienone is 3. The summed E-state index contributed by atoms with van der Waals surface area (Å²) in [6.45, 7) is 9.45. The summed E-state index contributed by atoms with van der Waals surface area (Å²) in [6.07, 6.45) is 8.82. The molecule has 0 aromatic rings. The van der Waals surface area contributed by atoms with Gasteiger partial charge in [0.15, 0.2) is 0 Å². The first-order valence-corrected chi connectivity index (χ1v) is 6.25. The Hall–Kier alpha value is -0.600. The summed E-state index contributed by atoms with van der Waals surface area (Å²) in [5.41, 5.74) is 1.49. The second-order valence-corrected chi connectivity index (χ2v) is 4.81. The lowest BCUT2D eigenvalue weighted by molar-refractivity contribution is -0.302. The average molecular weight is 224 g/mol.